The first-order chi connectivity index (χ1) is 11.5. The molecule has 24 heavy (non-hydrogen) atoms. The van der Waals surface area contributed by atoms with Crippen molar-refractivity contribution in [1.82, 2.24) is 19.9 Å². The van der Waals surface area contributed by atoms with Crippen molar-refractivity contribution in [3.05, 3.63) is 70.3 Å². The van der Waals surface area contributed by atoms with E-state index in [0.29, 0.717) is 17.4 Å². The molecule has 6 nitrogen and oxygen atoms in total. The van der Waals surface area contributed by atoms with E-state index in [1.54, 1.807) is 43.4 Å². The second-order valence-corrected chi connectivity index (χ2v) is 5.45. The summed E-state index contributed by atoms with van der Waals surface area (Å²) in [5.74, 6) is -0.614. The molecule has 0 bridgehead atoms. The van der Waals surface area contributed by atoms with E-state index in [1.807, 2.05) is 0 Å². The second-order valence-electron chi connectivity index (χ2n) is 5.45. The van der Waals surface area contributed by atoms with Gasteiger partial charge < -0.3 is 4.90 Å². The summed E-state index contributed by atoms with van der Waals surface area (Å²) in [4.78, 5) is 26.1. The standard InChI is InChI=1S/C17H15FN4O2/c1-21(10-12-6-8-13(18)9-7-12)16(23)11-22-17(24)14-4-2-3-5-15(14)19-20-22/h2-9H,10-11H2,1H3. The summed E-state index contributed by atoms with van der Waals surface area (Å²) in [7, 11) is 1.62. The first kappa shape index (κ1) is 15.8. The maximum atomic E-state index is 12.9. The van der Waals surface area contributed by atoms with Crippen LogP contribution in [0, 0.1) is 5.82 Å². The van der Waals surface area contributed by atoms with Crippen molar-refractivity contribution in [3.63, 3.8) is 0 Å². The predicted octanol–water partition coefficient (Wildman–Crippen LogP) is 1.59. The molecule has 1 heterocycles. The maximum absolute atomic E-state index is 12.9. The van der Waals surface area contributed by atoms with Gasteiger partial charge >= 0.3 is 0 Å². The minimum Gasteiger partial charge on any atom is -0.340 e. The molecule has 0 N–H and O–H groups in total. The van der Waals surface area contributed by atoms with Crippen LogP contribution in [0.2, 0.25) is 0 Å². The molecule has 0 spiro atoms. The first-order valence-corrected chi connectivity index (χ1v) is 7.35. The molecule has 0 atom stereocenters. The first-order valence-electron chi connectivity index (χ1n) is 7.35. The Morgan fingerprint density at radius 1 is 1.17 bits per heavy atom. The lowest BCUT2D eigenvalue weighted by molar-refractivity contribution is -0.131. The number of hydrogen-bond donors (Lipinski definition) is 0. The third kappa shape index (κ3) is 3.29. The third-order valence-electron chi connectivity index (χ3n) is 3.67. The number of rotatable bonds is 4. The maximum Gasteiger partial charge on any atom is 0.278 e. The van der Waals surface area contributed by atoms with Gasteiger partial charge in [-0.25, -0.2) is 9.07 Å². The third-order valence-corrected chi connectivity index (χ3v) is 3.67. The van der Waals surface area contributed by atoms with Gasteiger partial charge in [-0.1, -0.05) is 29.5 Å². The van der Waals surface area contributed by atoms with Crippen LogP contribution in [0.25, 0.3) is 10.9 Å². The van der Waals surface area contributed by atoms with E-state index in [0.717, 1.165) is 10.2 Å². The highest BCUT2D eigenvalue weighted by atomic mass is 19.1. The average Bonchev–Trinajstić information content (AvgIpc) is 2.59. The van der Waals surface area contributed by atoms with Crippen molar-refractivity contribution in [1.29, 1.82) is 0 Å². The van der Waals surface area contributed by atoms with E-state index in [2.05, 4.69) is 10.3 Å². The van der Waals surface area contributed by atoms with Crippen molar-refractivity contribution >= 4 is 16.8 Å². The number of benzene rings is 2. The number of carbonyl (C=O) groups is 1. The summed E-state index contributed by atoms with van der Waals surface area (Å²) >= 11 is 0. The largest absolute Gasteiger partial charge is 0.340 e. The fourth-order valence-electron chi connectivity index (χ4n) is 2.33. The van der Waals surface area contributed by atoms with Crippen LogP contribution >= 0.6 is 0 Å². The Hall–Kier alpha value is -3.09. The summed E-state index contributed by atoms with van der Waals surface area (Å²) in [6, 6.07) is 12.7. The van der Waals surface area contributed by atoms with E-state index in [4.69, 9.17) is 0 Å². The fourth-order valence-corrected chi connectivity index (χ4v) is 2.33. The average molecular weight is 326 g/mol. The molecule has 7 heteroatoms. The normalized spacial score (nSPS) is 10.8. The van der Waals surface area contributed by atoms with E-state index >= 15 is 0 Å². The Morgan fingerprint density at radius 2 is 1.88 bits per heavy atom. The number of fused-ring (bicyclic) bond motifs is 1. The Morgan fingerprint density at radius 3 is 2.62 bits per heavy atom. The second kappa shape index (κ2) is 6.57. The molecular weight excluding hydrogens is 311 g/mol. The lowest BCUT2D eigenvalue weighted by Gasteiger charge is -2.17. The highest BCUT2D eigenvalue weighted by Crippen LogP contribution is 2.07. The number of nitrogens with zero attached hydrogens (tertiary/aromatic N) is 4. The lowest BCUT2D eigenvalue weighted by Crippen LogP contribution is -2.35. The van der Waals surface area contributed by atoms with Gasteiger partial charge in [-0.3, -0.25) is 9.59 Å². The highest BCUT2D eigenvalue weighted by Gasteiger charge is 2.13. The van der Waals surface area contributed by atoms with Gasteiger partial charge in [0.1, 0.15) is 17.9 Å². The van der Waals surface area contributed by atoms with Crippen LogP contribution in [0.1, 0.15) is 5.56 Å². The minimum absolute atomic E-state index is 0.200. The molecule has 2 aromatic carbocycles. The molecule has 1 amide bonds. The molecule has 0 aliphatic carbocycles. The molecule has 0 saturated carbocycles. The smallest absolute Gasteiger partial charge is 0.278 e. The van der Waals surface area contributed by atoms with Crippen LogP contribution in [-0.4, -0.2) is 32.8 Å². The number of hydrogen-bond acceptors (Lipinski definition) is 4. The van der Waals surface area contributed by atoms with E-state index in [9.17, 15) is 14.0 Å². The molecule has 0 radical (unpaired) electrons. The van der Waals surface area contributed by atoms with Gasteiger partial charge in [0.05, 0.1) is 5.39 Å². The van der Waals surface area contributed by atoms with Crippen LogP contribution in [0.4, 0.5) is 4.39 Å². The lowest BCUT2D eigenvalue weighted by atomic mass is 10.2. The molecular formula is C17H15FN4O2. The van der Waals surface area contributed by atoms with Crippen LogP contribution in [-0.2, 0) is 17.9 Å². The zero-order valence-electron chi connectivity index (χ0n) is 13.0. The SMILES string of the molecule is CN(Cc1ccc(F)cc1)C(=O)Cn1nnc2ccccc2c1=O. The fraction of sp³-hybridized carbons (Fsp3) is 0.176. The molecule has 0 unspecified atom stereocenters. The summed E-state index contributed by atoms with van der Waals surface area (Å²) in [5, 5.41) is 8.17. The van der Waals surface area contributed by atoms with Gasteiger partial charge in [0.2, 0.25) is 5.91 Å². The zero-order chi connectivity index (χ0) is 17.1. The van der Waals surface area contributed by atoms with Crippen molar-refractivity contribution in [2.75, 3.05) is 7.05 Å². The van der Waals surface area contributed by atoms with Gasteiger partial charge in [0.25, 0.3) is 5.56 Å². The monoisotopic (exact) mass is 326 g/mol. The highest BCUT2D eigenvalue weighted by molar-refractivity contribution is 5.78. The molecule has 3 rings (SSSR count). The van der Waals surface area contributed by atoms with Gasteiger partial charge in [0, 0.05) is 13.6 Å². The van der Waals surface area contributed by atoms with Crippen LogP contribution in [0.5, 0.6) is 0 Å². The number of carbonyl (C=O) groups excluding carboxylic acids is 1. The molecule has 0 aliphatic heterocycles. The molecule has 122 valence electrons. The van der Waals surface area contributed by atoms with Gasteiger partial charge in [-0.2, -0.15) is 0 Å². The minimum atomic E-state index is -0.357. The van der Waals surface area contributed by atoms with Gasteiger partial charge in [-0.15, -0.1) is 5.10 Å². The topological polar surface area (TPSA) is 68.1 Å². The number of amides is 1. The molecule has 0 saturated heterocycles. The molecule has 1 aromatic heterocycles. The van der Waals surface area contributed by atoms with Crippen molar-refractivity contribution in [3.8, 4) is 0 Å². The van der Waals surface area contributed by atoms with Gasteiger partial charge in [0.15, 0.2) is 0 Å². The number of aromatic nitrogens is 3. The van der Waals surface area contributed by atoms with Crippen LogP contribution in [0.3, 0.4) is 0 Å². The van der Waals surface area contributed by atoms with Crippen molar-refractivity contribution < 1.29 is 9.18 Å². The Labute approximate surface area is 137 Å². The van der Waals surface area contributed by atoms with Crippen molar-refractivity contribution in [2.24, 2.45) is 0 Å². The molecule has 3 aromatic rings. The van der Waals surface area contributed by atoms with E-state index in [1.165, 1.54) is 17.0 Å². The quantitative estimate of drug-likeness (QED) is 0.730. The predicted molar refractivity (Wildman–Crippen MR) is 86.7 cm³/mol. The molecule has 0 fully saturated rings. The zero-order valence-corrected chi connectivity index (χ0v) is 13.0. The summed E-state index contributed by atoms with van der Waals surface area (Å²) < 4.78 is 14.0. The van der Waals surface area contributed by atoms with Crippen molar-refractivity contribution in [2.45, 2.75) is 13.1 Å². The van der Waals surface area contributed by atoms with Crippen LogP contribution in [0.15, 0.2) is 53.3 Å². The molecule has 0 aliphatic rings. The Bertz CT molecular complexity index is 937. The summed E-state index contributed by atoms with van der Waals surface area (Å²) in [6.45, 7) is 0.114. The Kier molecular flexibility index (Phi) is 4.33. The summed E-state index contributed by atoms with van der Waals surface area (Å²) in [6.07, 6.45) is 0. The van der Waals surface area contributed by atoms with E-state index in [-0.39, 0.29) is 23.8 Å². The van der Waals surface area contributed by atoms with Crippen LogP contribution < -0.4 is 5.56 Å². The summed E-state index contributed by atoms with van der Waals surface area (Å²) in [5.41, 5.74) is 0.930. The number of halogens is 1. The van der Waals surface area contributed by atoms with E-state index < -0.39 is 0 Å². The number of likely N-dealkylation sites (N-methyl/N-ethyl adjacent to an activating group) is 1. The van der Waals surface area contributed by atoms with Gasteiger partial charge in [-0.05, 0) is 29.8 Å². The Balaban J connectivity index is 1.75.